The number of ether oxygens (including phenoxy) is 1. The first-order chi connectivity index (χ1) is 8.58. The highest BCUT2D eigenvalue weighted by Crippen LogP contribution is 1.97. The highest BCUT2D eigenvalue weighted by atomic mass is 16.5. The summed E-state index contributed by atoms with van der Waals surface area (Å²) in [5.74, 6) is 0. The Morgan fingerprint density at radius 1 is 1.56 bits per heavy atom. The fourth-order valence-corrected chi connectivity index (χ4v) is 1.63. The monoisotopic (exact) mass is 253 g/mol. The molecule has 0 amide bonds. The molecule has 0 fully saturated rings. The third kappa shape index (κ3) is 4.23. The number of hydrogen-bond acceptors (Lipinski definition) is 4. The molecule has 0 bridgehead atoms. The van der Waals surface area contributed by atoms with Gasteiger partial charge < -0.3 is 10.1 Å². The first kappa shape index (κ1) is 14.9. The molecule has 1 atom stereocenters. The molecule has 0 aliphatic heterocycles. The molecule has 102 valence electrons. The van der Waals surface area contributed by atoms with Crippen molar-refractivity contribution in [3.63, 3.8) is 0 Å². The van der Waals surface area contributed by atoms with Gasteiger partial charge in [0.05, 0.1) is 18.8 Å². The molecule has 0 saturated heterocycles. The molecule has 0 radical (unpaired) electrons. The van der Waals surface area contributed by atoms with Crippen molar-refractivity contribution in [3.8, 4) is 0 Å². The summed E-state index contributed by atoms with van der Waals surface area (Å²) >= 11 is 0. The Balaban J connectivity index is 2.84. The molecule has 1 rings (SSSR count). The Bertz CT molecular complexity index is 429. The maximum atomic E-state index is 12.1. The smallest absolute Gasteiger partial charge is 0.271 e. The van der Waals surface area contributed by atoms with Crippen LogP contribution in [0.3, 0.4) is 0 Å². The molecular weight excluding hydrogens is 230 g/mol. The van der Waals surface area contributed by atoms with Crippen molar-refractivity contribution < 1.29 is 4.74 Å². The average Bonchev–Trinajstić information content (AvgIpc) is 2.37. The van der Waals surface area contributed by atoms with E-state index >= 15 is 0 Å². The van der Waals surface area contributed by atoms with Crippen LogP contribution in [0.5, 0.6) is 0 Å². The number of methoxy groups -OCH3 is 1. The summed E-state index contributed by atoms with van der Waals surface area (Å²) in [5.41, 5.74) is 1.58. The van der Waals surface area contributed by atoms with Crippen molar-refractivity contribution in [1.29, 1.82) is 0 Å². The molecule has 1 aromatic rings. The predicted molar refractivity (Wildman–Crippen MR) is 71.7 cm³/mol. The van der Waals surface area contributed by atoms with E-state index in [9.17, 15) is 4.79 Å². The molecule has 18 heavy (non-hydrogen) atoms. The highest BCUT2D eigenvalue weighted by molar-refractivity contribution is 5.12. The normalized spacial score (nSPS) is 12.7. The minimum atomic E-state index is -0.0338. The van der Waals surface area contributed by atoms with Crippen molar-refractivity contribution in [3.05, 3.63) is 27.7 Å². The topological polar surface area (TPSA) is 56.1 Å². The van der Waals surface area contributed by atoms with Gasteiger partial charge in [-0.2, -0.15) is 5.10 Å². The van der Waals surface area contributed by atoms with E-state index in [4.69, 9.17) is 4.74 Å². The van der Waals surface area contributed by atoms with Gasteiger partial charge in [-0.15, -0.1) is 0 Å². The predicted octanol–water partition coefficient (Wildman–Crippen LogP) is 1.09. The summed E-state index contributed by atoms with van der Waals surface area (Å²) in [7, 11) is 1.62. The lowest BCUT2D eigenvalue weighted by atomic mass is 10.2. The summed E-state index contributed by atoms with van der Waals surface area (Å²) < 4.78 is 6.46. The zero-order valence-electron chi connectivity index (χ0n) is 11.7. The van der Waals surface area contributed by atoms with E-state index < -0.39 is 0 Å². The fraction of sp³-hybridized carbons (Fsp3) is 0.692. The first-order valence-corrected chi connectivity index (χ1v) is 6.38. The van der Waals surface area contributed by atoms with Crippen molar-refractivity contribution in [2.24, 2.45) is 0 Å². The second-order valence-electron chi connectivity index (χ2n) is 4.52. The molecule has 0 aliphatic rings. The second kappa shape index (κ2) is 7.28. The van der Waals surface area contributed by atoms with Crippen LogP contribution < -0.4 is 10.9 Å². The highest BCUT2D eigenvalue weighted by Gasteiger charge is 2.07. The summed E-state index contributed by atoms with van der Waals surface area (Å²) in [6.07, 6.45) is 1.04. The number of hydrogen-bond donors (Lipinski definition) is 1. The van der Waals surface area contributed by atoms with Crippen LogP contribution in [0.2, 0.25) is 0 Å². The minimum absolute atomic E-state index is 0.0338. The lowest BCUT2D eigenvalue weighted by molar-refractivity contribution is 0.181. The van der Waals surface area contributed by atoms with Gasteiger partial charge >= 0.3 is 0 Å². The molecule has 1 N–H and O–H groups in total. The Kier molecular flexibility index (Phi) is 6.01. The van der Waals surface area contributed by atoms with Gasteiger partial charge in [-0.05, 0) is 26.3 Å². The summed E-state index contributed by atoms with van der Waals surface area (Å²) in [4.78, 5) is 12.1. The third-order valence-electron chi connectivity index (χ3n) is 2.93. The second-order valence-corrected chi connectivity index (χ2v) is 4.52. The number of nitrogens with zero attached hydrogens (tertiary/aromatic N) is 2. The molecule has 0 aromatic carbocycles. The van der Waals surface area contributed by atoms with Crippen molar-refractivity contribution in [2.45, 2.75) is 46.3 Å². The van der Waals surface area contributed by atoms with Gasteiger partial charge in [0.25, 0.3) is 5.56 Å². The van der Waals surface area contributed by atoms with Crippen LogP contribution in [0, 0.1) is 6.92 Å². The number of aromatic nitrogens is 2. The Morgan fingerprint density at radius 2 is 2.28 bits per heavy atom. The molecule has 1 heterocycles. The van der Waals surface area contributed by atoms with Crippen molar-refractivity contribution in [1.82, 2.24) is 15.1 Å². The molecular formula is C13H23N3O2. The average molecular weight is 253 g/mol. The SMILES string of the molecule is CCC(C)NCc1cc(C)nn(CCOC)c1=O. The van der Waals surface area contributed by atoms with Gasteiger partial charge in [0.2, 0.25) is 0 Å². The summed E-state index contributed by atoms with van der Waals surface area (Å²) in [6.45, 7) is 7.70. The maximum Gasteiger partial charge on any atom is 0.271 e. The van der Waals surface area contributed by atoms with Crippen LogP contribution in [0.25, 0.3) is 0 Å². The standard InChI is InChI=1S/C13H23N3O2/c1-5-10(2)14-9-12-8-11(3)15-16(13(12)17)6-7-18-4/h8,10,14H,5-7,9H2,1-4H3. The number of nitrogens with one attached hydrogen (secondary N) is 1. The van der Waals surface area contributed by atoms with E-state index in [2.05, 4.69) is 24.3 Å². The molecule has 0 spiro atoms. The zero-order valence-corrected chi connectivity index (χ0v) is 11.7. The molecule has 0 aliphatic carbocycles. The number of rotatable bonds is 7. The van der Waals surface area contributed by atoms with Crippen LogP contribution in [0.4, 0.5) is 0 Å². The van der Waals surface area contributed by atoms with Gasteiger partial charge in [0.1, 0.15) is 0 Å². The van der Waals surface area contributed by atoms with E-state index in [1.54, 1.807) is 7.11 Å². The Morgan fingerprint density at radius 3 is 2.89 bits per heavy atom. The van der Waals surface area contributed by atoms with E-state index in [1.807, 2.05) is 13.0 Å². The molecule has 5 nitrogen and oxygen atoms in total. The number of aryl methyl sites for hydroxylation is 1. The zero-order chi connectivity index (χ0) is 13.5. The van der Waals surface area contributed by atoms with E-state index in [0.717, 1.165) is 17.7 Å². The molecule has 1 unspecified atom stereocenters. The Hall–Kier alpha value is -1.20. The van der Waals surface area contributed by atoms with Gasteiger partial charge in [-0.3, -0.25) is 4.79 Å². The van der Waals surface area contributed by atoms with Crippen LogP contribution in [0.15, 0.2) is 10.9 Å². The lowest BCUT2D eigenvalue weighted by Crippen LogP contribution is -2.33. The minimum Gasteiger partial charge on any atom is -0.383 e. The first-order valence-electron chi connectivity index (χ1n) is 6.38. The lowest BCUT2D eigenvalue weighted by Gasteiger charge is -2.12. The van der Waals surface area contributed by atoms with E-state index in [0.29, 0.717) is 25.7 Å². The van der Waals surface area contributed by atoms with Crippen LogP contribution in [-0.2, 0) is 17.8 Å². The van der Waals surface area contributed by atoms with Crippen molar-refractivity contribution in [2.75, 3.05) is 13.7 Å². The largest absolute Gasteiger partial charge is 0.383 e. The van der Waals surface area contributed by atoms with E-state index in [1.165, 1.54) is 4.68 Å². The van der Waals surface area contributed by atoms with Gasteiger partial charge in [0, 0.05) is 25.3 Å². The van der Waals surface area contributed by atoms with Crippen LogP contribution in [0.1, 0.15) is 31.5 Å². The van der Waals surface area contributed by atoms with Gasteiger partial charge in [-0.25, -0.2) is 4.68 Å². The van der Waals surface area contributed by atoms with Gasteiger partial charge in [-0.1, -0.05) is 6.92 Å². The molecule has 0 saturated carbocycles. The van der Waals surface area contributed by atoms with Crippen LogP contribution in [-0.4, -0.2) is 29.5 Å². The Labute approximate surface area is 108 Å². The van der Waals surface area contributed by atoms with Crippen molar-refractivity contribution >= 4 is 0 Å². The maximum absolute atomic E-state index is 12.1. The quantitative estimate of drug-likeness (QED) is 0.790. The van der Waals surface area contributed by atoms with Crippen LogP contribution >= 0.6 is 0 Å². The van der Waals surface area contributed by atoms with E-state index in [-0.39, 0.29) is 5.56 Å². The molecule has 5 heteroatoms. The van der Waals surface area contributed by atoms with Gasteiger partial charge in [0.15, 0.2) is 0 Å². The molecule has 1 aromatic heterocycles. The third-order valence-corrected chi connectivity index (χ3v) is 2.93. The fourth-order valence-electron chi connectivity index (χ4n) is 1.63. The summed E-state index contributed by atoms with van der Waals surface area (Å²) in [5, 5.41) is 7.54. The summed E-state index contributed by atoms with van der Waals surface area (Å²) in [6, 6.07) is 2.26.